The highest BCUT2D eigenvalue weighted by atomic mass is 35.5. The number of carbonyl (C=O) groups is 2. The van der Waals surface area contributed by atoms with Crippen LogP contribution in [0.3, 0.4) is 0 Å². The standard InChI is InChI=1S/C22H26ClN3O3/c1-16(27)25-13-11-18(12-14-25)26(15-17-7-9-19(29-2)10-8-17)22(28)24-21-6-4-3-5-20(21)23/h3-10,18H,11-15H2,1-2H3,(H,24,28). The number of hydrogen-bond donors (Lipinski definition) is 1. The number of methoxy groups -OCH3 is 1. The number of nitrogens with one attached hydrogen (secondary N) is 1. The fourth-order valence-corrected chi connectivity index (χ4v) is 3.72. The molecular formula is C22H26ClN3O3. The lowest BCUT2D eigenvalue weighted by Crippen LogP contribution is -2.49. The molecule has 154 valence electrons. The molecule has 1 saturated heterocycles. The molecule has 0 radical (unpaired) electrons. The van der Waals surface area contributed by atoms with Crippen LogP contribution in [0, 0.1) is 0 Å². The van der Waals surface area contributed by atoms with Crippen LogP contribution in [0.2, 0.25) is 5.02 Å². The fourth-order valence-electron chi connectivity index (χ4n) is 3.54. The maximum Gasteiger partial charge on any atom is 0.322 e. The van der Waals surface area contributed by atoms with E-state index < -0.39 is 0 Å². The first-order valence-electron chi connectivity index (χ1n) is 9.68. The average molecular weight is 416 g/mol. The Kier molecular flexibility index (Phi) is 6.99. The molecule has 0 aromatic heterocycles. The summed E-state index contributed by atoms with van der Waals surface area (Å²) >= 11 is 6.22. The van der Waals surface area contributed by atoms with Crippen molar-refractivity contribution in [2.75, 3.05) is 25.5 Å². The van der Waals surface area contributed by atoms with Crippen LogP contribution < -0.4 is 10.1 Å². The second-order valence-electron chi connectivity index (χ2n) is 7.12. The molecule has 1 aliphatic rings. The Morgan fingerprint density at radius 1 is 1.14 bits per heavy atom. The number of para-hydroxylation sites is 1. The van der Waals surface area contributed by atoms with E-state index in [-0.39, 0.29) is 18.0 Å². The Morgan fingerprint density at radius 2 is 1.79 bits per heavy atom. The minimum absolute atomic E-state index is 0.0372. The Bertz CT molecular complexity index is 849. The predicted octanol–water partition coefficient (Wildman–Crippen LogP) is 4.39. The van der Waals surface area contributed by atoms with E-state index in [0.717, 1.165) is 24.2 Å². The summed E-state index contributed by atoms with van der Waals surface area (Å²) in [6.07, 6.45) is 1.48. The number of anilines is 1. The number of piperidine rings is 1. The molecule has 2 aromatic rings. The van der Waals surface area contributed by atoms with Gasteiger partial charge in [0.25, 0.3) is 0 Å². The monoisotopic (exact) mass is 415 g/mol. The van der Waals surface area contributed by atoms with Gasteiger partial charge in [-0.1, -0.05) is 35.9 Å². The fraction of sp³-hybridized carbons (Fsp3) is 0.364. The zero-order valence-corrected chi connectivity index (χ0v) is 17.5. The number of rotatable bonds is 5. The number of hydrogen-bond acceptors (Lipinski definition) is 3. The summed E-state index contributed by atoms with van der Waals surface area (Å²) in [6.45, 7) is 3.35. The smallest absolute Gasteiger partial charge is 0.322 e. The van der Waals surface area contributed by atoms with E-state index in [1.54, 1.807) is 26.2 Å². The SMILES string of the molecule is COc1ccc(CN(C(=O)Nc2ccccc2Cl)C2CCN(C(C)=O)CC2)cc1. The van der Waals surface area contributed by atoms with Crippen molar-refractivity contribution < 1.29 is 14.3 Å². The van der Waals surface area contributed by atoms with Crippen LogP contribution in [0.5, 0.6) is 5.75 Å². The largest absolute Gasteiger partial charge is 0.497 e. The number of nitrogens with zero attached hydrogens (tertiary/aromatic N) is 2. The third-order valence-electron chi connectivity index (χ3n) is 5.24. The highest BCUT2D eigenvalue weighted by Crippen LogP contribution is 2.24. The molecule has 6 nitrogen and oxygen atoms in total. The average Bonchev–Trinajstić information content (AvgIpc) is 2.74. The van der Waals surface area contributed by atoms with Gasteiger partial charge in [0.05, 0.1) is 17.8 Å². The number of amides is 3. The Labute approximate surface area is 176 Å². The molecule has 0 bridgehead atoms. The molecule has 29 heavy (non-hydrogen) atoms. The molecule has 1 aliphatic heterocycles. The highest BCUT2D eigenvalue weighted by molar-refractivity contribution is 6.33. The van der Waals surface area contributed by atoms with Crippen molar-refractivity contribution in [1.82, 2.24) is 9.80 Å². The summed E-state index contributed by atoms with van der Waals surface area (Å²) in [5.41, 5.74) is 1.59. The third kappa shape index (κ3) is 5.41. The molecule has 3 rings (SSSR count). The summed E-state index contributed by atoms with van der Waals surface area (Å²) in [5, 5.41) is 3.43. The molecule has 1 N–H and O–H groups in total. The minimum atomic E-state index is -0.199. The van der Waals surface area contributed by atoms with E-state index in [4.69, 9.17) is 16.3 Å². The topological polar surface area (TPSA) is 61.9 Å². The third-order valence-corrected chi connectivity index (χ3v) is 5.57. The Morgan fingerprint density at radius 3 is 2.38 bits per heavy atom. The molecule has 0 aliphatic carbocycles. The molecular weight excluding hydrogens is 390 g/mol. The van der Waals surface area contributed by atoms with Crippen LogP contribution in [0.1, 0.15) is 25.3 Å². The molecule has 2 aromatic carbocycles. The summed E-state index contributed by atoms with van der Waals surface area (Å²) < 4.78 is 5.22. The highest BCUT2D eigenvalue weighted by Gasteiger charge is 2.29. The predicted molar refractivity (Wildman–Crippen MR) is 114 cm³/mol. The van der Waals surface area contributed by atoms with Crippen molar-refractivity contribution in [2.45, 2.75) is 32.4 Å². The van der Waals surface area contributed by atoms with Crippen LogP contribution in [-0.4, -0.2) is 48.0 Å². The normalized spacial score (nSPS) is 14.4. The van der Waals surface area contributed by atoms with Gasteiger partial charge in [0, 0.05) is 32.6 Å². The van der Waals surface area contributed by atoms with Crippen LogP contribution in [0.15, 0.2) is 48.5 Å². The first-order valence-corrected chi connectivity index (χ1v) is 10.1. The maximum atomic E-state index is 13.2. The van der Waals surface area contributed by atoms with Crippen LogP contribution in [-0.2, 0) is 11.3 Å². The van der Waals surface area contributed by atoms with Crippen LogP contribution in [0.4, 0.5) is 10.5 Å². The molecule has 0 atom stereocenters. The summed E-state index contributed by atoms with van der Waals surface area (Å²) in [6, 6.07) is 14.7. The van der Waals surface area contributed by atoms with Gasteiger partial charge in [-0.05, 0) is 42.7 Å². The lowest BCUT2D eigenvalue weighted by atomic mass is 10.0. The number of ether oxygens (including phenoxy) is 1. The van der Waals surface area contributed by atoms with E-state index in [1.165, 1.54) is 0 Å². The van der Waals surface area contributed by atoms with E-state index in [0.29, 0.717) is 30.3 Å². The summed E-state index contributed by atoms with van der Waals surface area (Å²) in [5.74, 6) is 0.848. The molecule has 7 heteroatoms. The second-order valence-corrected chi connectivity index (χ2v) is 7.53. The maximum absolute atomic E-state index is 13.2. The lowest BCUT2D eigenvalue weighted by molar-refractivity contribution is -0.130. The molecule has 0 unspecified atom stereocenters. The zero-order chi connectivity index (χ0) is 20.8. The van der Waals surface area contributed by atoms with Gasteiger partial charge in [-0.2, -0.15) is 0 Å². The number of carbonyl (C=O) groups excluding carboxylic acids is 2. The van der Waals surface area contributed by atoms with Crippen molar-refractivity contribution >= 4 is 29.2 Å². The van der Waals surface area contributed by atoms with E-state index in [1.807, 2.05) is 46.2 Å². The lowest BCUT2D eigenvalue weighted by Gasteiger charge is -2.38. The summed E-state index contributed by atoms with van der Waals surface area (Å²) in [4.78, 5) is 28.5. The van der Waals surface area contributed by atoms with E-state index in [2.05, 4.69) is 5.32 Å². The van der Waals surface area contributed by atoms with Gasteiger partial charge in [0.15, 0.2) is 0 Å². The van der Waals surface area contributed by atoms with Crippen molar-refractivity contribution in [1.29, 1.82) is 0 Å². The van der Waals surface area contributed by atoms with Gasteiger partial charge in [0.2, 0.25) is 5.91 Å². The Balaban J connectivity index is 1.77. The van der Waals surface area contributed by atoms with Gasteiger partial charge in [-0.25, -0.2) is 4.79 Å². The quantitative estimate of drug-likeness (QED) is 0.787. The van der Waals surface area contributed by atoms with Gasteiger partial charge in [0.1, 0.15) is 5.75 Å². The van der Waals surface area contributed by atoms with Crippen molar-refractivity contribution in [3.63, 3.8) is 0 Å². The molecule has 1 heterocycles. The summed E-state index contributed by atoms with van der Waals surface area (Å²) in [7, 11) is 1.63. The van der Waals surface area contributed by atoms with Crippen LogP contribution >= 0.6 is 11.6 Å². The number of halogens is 1. The molecule has 0 spiro atoms. The molecule has 1 fully saturated rings. The molecule has 0 saturated carbocycles. The van der Waals surface area contributed by atoms with Crippen LogP contribution in [0.25, 0.3) is 0 Å². The molecule has 3 amide bonds. The first-order chi connectivity index (χ1) is 14.0. The van der Waals surface area contributed by atoms with Gasteiger partial charge >= 0.3 is 6.03 Å². The minimum Gasteiger partial charge on any atom is -0.497 e. The second kappa shape index (κ2) is 9.65. The van der Waals surface area contributed by atoms with Gasteiger partial charge in [-0.3, -0.25) is 4.79 Å². The van der Waals surface area contributed by atoms with Gasteiger partial charge in [-0.15, -0.1) is 0 Å². The zero-order valence-electron chi connectivity index (χ0n) is 16.7. The number of urea groups is 1. The van der Waals surface area contributed by atoms with E-state index in [9.17, 15) is 9.59 Å². The first kappa shape index (κ1) is 21.0. The number of benzene rings is 2. The van der Waals surface area contributed by atoms with Crippen molar-refractivity contribution in [2.24, 2.45) is 0 Å². The van der Waals surface area contributed by atoms with Crippen molar-refractivity contribution in [3.05, 3.63) is 59.1 Å². The number of likely N-dealkylation sites (tertiary alicyclic amines) is 1. The Hall–Kier alpha value is -2.73. The van der Waals surface area contributed by atoms with E-state index >= 15 is 0 Å². The van der Waals surface area contributed by atoms with Gasteiger partial charge < -0.3 is 19.9 Å². The van der Waals surface area contributed by atoms with Crippen molar-refractivity contribution in [3.8, 4) is 5.75 Å².